The van der Waals surface area contributed by atoms with Crippen LogP contribution < -0.4 is 10.6 Å². The maximum atomic E-state index is 11.4. The van der Waals surface area contributed by atoms with E-state index in [-0.39, 0.29) is 5.54 Å². The number of carboxylic acid groups (broad SMARTS) is 1. The molecule has 0 aromatic rings. The van der Waals surface area contributed by atoms with Gasteiger partial charge in [-0.3, -0.25) is 4.79 Å². The van der Waals surface area contributed by atoms with Gasteiger partial charge in [0.05, 0.1) is 0 Å². The molecule has 0 saturated heterocycles. The highest BCUT2D eigenvalue weighted by atomic mass is 16.4. The standard InChI is InChI=1S/C10H18N2O3/c1-6(8(13)14)11-9(15)12-10(2,3)7-4-5-7/h6-7H,4-5H2,1-3H3,(H,13,14)(H2,11,12,15). The van der Waals surface area contributed by atoms with E-state index in [1.165, 1.54) is 6.92 Å². The monoisotopic (exact) mass is 214 g/mol. The van der Waals surface area contributed by atoms with E-state index in [0.29, 0.717) is 5.92 Å². The van der Waals surface area contributed by atoms with Gasteiger partial charge in [-0.15, -0.1) is 0 Å². The van der Waals surface area contributed by atoms with Crippen molar-refractivity contribution in [3.8, 4) is 0 Å². The van der Waals surface area contributed by atoms with Crippen LogP contribution in [0.4, 0.5) is 4.79 Å². The Bertz CT molecular complexity index is 272. The number of aliphatic carboxylic acids is 1. The van der Waals surface area contributed by atoms with Crippen LogP contribution in [0.1, 0.15) is 33.6 Å². The molecule has 0 aromatic carbocycles. The molecule has 0 heterocycles. The molecule has 1 aliphatic rings. The fourth-order valence-corrected chi connectivity index (χ4v) is 1.49. The predicted octanol–water partition coefficient (Wildman–Crippen LogP) is 0.947. The normalized spacial score (nSPS) is 18.1. The first-order valence-electron chi connectivity index (χ1n) is 5.14. The van der Waals surface area contributed by atoms with E-state index in [2.05, 4.69) is 10.6 Å². The Morgan fingerprint density at radius 2 is 1.93 bits per heavy atom. The Morgan fingerprint density at radius 1 is 1.40 bits per heavy atom. The molecule has 3 N–H and O–H groups in total. The van der Waals surface area contributed by atoms with Crippen LogP contribution in [0, 0.1) is 5.92 Å². The van der Waals surface area contributed by atoms with Crippen molar-refractivity contribution in [1.29, 1.82) is 0 Å². The van der Waals surface area contributed by atoms with E-state index in [4.69, 9.17) is 5.11 Å². The van der Waals surface area contributed by atoms with Crippen LogP contribution in [0.25, 0.3) is 0 Å². The van der Waals surface area contributed by atoms with Gasteiger partial charge in [-0.25, -0.2) is 4.79 Å². The molecule has 1 aliphatic carbocycles. The summed E-state index contributed by atoms with van der Waals surface area (Å²) in [5.74, 6) is -0.516. The first-order valence-corrected chi connectivity index (χ1v) is 5.14. The van der Waals surface area contributed by atoms with E-state index < -0.39 is 18.0 Å². The smallest absolute Gasteiger partial charge is 0.325 e. The highest BCUT2D eigenvalue weighted by Gasteiger charge is 2.38. The Labute approximate surface area is 89.2 Å². The molecule has 2 amide bonds. The Hall–Kier alpha value is -1.26. The van der Waals surface area contributed by atoms with E-state index in [0.717, 1.165) is 12.8 Å². The fourth-order valence-electron chi connectivity index (χ4n) is 1.49. The summed E-state index contributed by atoms with van der Waals surface area (Å²) in [5.41, 5.74) is -0.248. The molecule has 1 atom stereocenters. The number of carbonyl (C=O) groups excluding carboxylic acids is 1. The third kappa shape index (κ3) is 3.42. The molecule has 1 fully saturated rings. The number of carbonyl (C=O) groups is 2. The van der Waals surface area contributed by atoms with E-state index in [9.17, 15) is 9.59 Å². The van der Waals surface area contributed by atoms with Crippen molar-refractivity contribution < 1.29 is 14.7 Å². The van der Waals surface area contributed by atoms with Crippen molar-refractivity contribution in [2.45, 2.75) is 45.2 Å². The Kier molecular flexibility index (Phi) is 3.21. The molecule has 5 nitrogen and oxygen atoms in total. The minimum absolute atomic E-state index is 0.248. The molecule has 1 unspecified atom stereocenters. The number of urea groups is 1. The molecule has 0 bridgehead atoms. The molecule has 1 rings (SSSR count). The predicted molar refractivity (Wildman–Crippen MR) is 55.6 cm³/mol. The van der Waals surface area contributed by atoms with Crippen molar-refractivity contribution in [3.05, 3.63) is 0 Å². The third-order valence-electron chi connectivity index (χ3n) is 2.75. The summed E-state index contributed by atoms with van der Waals surface area (Å²) in [6.07, 6.45) is 2.25. The van der Waals surface area contributed by atoms with Crippen molar-refractivity contribution in [3.63, 3.8) is 0 Å². The largest absolute Gasteiger partial charge is 0.480 e. The average Bonchev–Trinajstić information content (AvgIpc) is 2.83. The highest BCUT2D eigenvalue weighted by Crippen LogP contribution is 2.39. The van der Waals surface area contributed by atoms with Gasteiger partial charge >= 0.3 is 12.0 Å². The number of carboxylic acids is 1. The van der Waals surface area contributed by atoms with E-state index in [1.54, 1.807) is 0 Å². The molecule has 15 heavy (non-hydrogen) atoms. The summed E-state index contributed by atoms with van der Waals surface area (Å²) in [5, 5.41) is 13.8. The number of amides is 2. The van der Waals surface area contributed by atoms with Gasteiger partial charge in [0, 0.05) is 5.54 Å². The molecule has 0 aliphatic heterocycles. The summed E-state index contributed by atoms with van der Waals surface area (Å²) in [6, 6.07) is -1.28. The molecule has 0 aromatic heterocycles. The Balaban J connectivity index is 2.38. The number of hydrogen-bond donors (Lipinski definition) is 3. The summed E-state index contributed by atoms with van der Waals surface area (Å²) in [7, 11) is 0. The molecule has 5 heteroatoms. The SMILES string of the molecule is CC(NC(=O)NC(C)(C)C1CC1)C(=O)O. The van der Waals surface area contributed by atoms with Gasteiger partial charge in [0.25, 0.3) is 0 Å². The zero-order chi connectivity index (χ0) is 11.6. The Morgan fingerprint density at radius 3 is 2.33 bits per heavy atom. The summed E-state index contributed by atoms with van der Waals surface area (Å²) >= 11 is 0. The van der Waals surface area contributed by atoms with Gasteiger partial charge in [-0.05, 0) is 39.5 Å². The first-order chi connectivity index (χ1) is 6.83. The molecule has 86 valence electrons. The van der Waals surface area contributed by atoms with Crippen molar-refractivity contribution in [2.24, 2.45) is 5.92 Å². The maximum Gasteiger partial charge on any atom is 0.325 e. The van der Waals surface area contributed by atoms with Crippen molar-refractivity contribution >= 4 is 12.0 Å². The quantitative estimate of drug-likeness (QED) is 0.652. The van der Waals surface area contributed by atoms with Crippen LogP contribution in [0.5, 0.6) is 0 Å². The topological polar surface area (TPSA) is 78.4 Å². The van der Waals surface area contributed by atoms with Crippen LogP contribution >= 0.6 is 0 Å². The second-order valence-electron chi connectivity index (χ2n) is 4.65. The van der Waals surface area contributed by atoms with Gasteiger partial charge in [-0.2, -0.15) is 0 Å². The summed E-state index contributed by atoms with van der Waals surface area (Å²) in [4.78, 5) is 21.9. The second kappa shape index (κ2) is 4.08. The number of rotatable bonds is 4. The highest BCUT2D eigenvalue weighted by molar-refractivity contribution is 5.82. The van der Waals surface area contributed by atoms with Crippen LogP contribution in [-0.2, 0) is 4.79 Å². The number of nitrogens with one attached hydrogen (secondary N) is 2. The minimum atomic E-state index is -1.03. The van der Waals surface area contributed by atoms with E-state index >= 15 is 0 Å². The number of hydrogen-bond acceptors (Lipinski definition) is 2. The van der Waals surface area contributed by atoms with Gasteiger partial charge in [-0.1, -0.05) is 0 Å². The van der Waals surface area contributed by atoms with Crippen molar-refractivity contribution in [1.82, 2.24) is 10.6 Å². The average molecular weight is 214 g/mol. The van der Waals surface area contributed by atoms with E-state index in [1.807, 2.05) is 13.8 Å². The van der Waals surface area contributed by atoms with Crippen molar-refractivity contribution in [2.75, 3.05) is 0 Å². The lowest BCUT2D eigenvalue weighted by Gasteiger charge is -2.26. The summed E-state index contributed by atoms with van der Waals surface area (Å²) < 4.78 is 0. The lowest BCUT2D eigenvalue weighted by molar-refractivity contribution is -0.138. The van der Waals surface area contributed by atoms with Gasteiger partial charge in [0.1, 0.15) is 6.04 Å². The molecular formula is C10H18N2O3. The van der Waals surface area contributed by atoms with Crippen LogP contribution in [0.2, 0.25) is 0 Å². The maximum absolute atomic E-state index is 11.4. The lowest BCUT2D eigenvalue weighted by atomic mass is 9.99. The van der Waals surface area contributed by atoms with Gasteiger partial charge in [0.15, 0.2) is 0 Å². The zero-order valence-corrected chi connectivity index (χ0v) is 9.33. The minimum Gasteiger partial charge on any atom is -0.480 e. The molecular weight excluding hydrogens is 196 g/mol. The lowest BCUT2D eigenvalue weighted by Crippen LogP contribution is -2.52. The third-order valence-corrected chi connectivity index (χ3v) is 2.75. The van der Waals surface area contributed by atoms with Crippen LogP contribution in [0.15, 0.2) is 0 Å². The van der Waals surface area contributed by atoms with Crippen LogP contribution in [-0.4, -0.2) is 28.7 Å². The van der Waals surface area contributed by atoms with Gasteiger partial charge < -0.3 is 15.7 Å². The van der Waals surface area contributed by atoms with Crippen LogP contribution in [0.3, 0.4) is 0 Å². The zero-order valence-electron chi connectivity index (χ0n) is 9.33. The van der Waals surface area contributed by atoms with Gasteiger partial charge in [0.2, 0.25) is 0 Å². The molecule has 1 saturated carbocycles. The first kappa shape index (κ1) is 11.8. The second-order valence-corrected chi connectivity index (χ2v) is 4.65. The molecule has 0 spiro atoms. The summed E-state index contributed by atoms with van der Waals surface area (Å²) in [6.45, 7) is 5.34. The fraction of sp³-hybridized carbons (Fsp3) is 0.800. The molecule has 0 radical (unpaired) electrons.